The van der Waals surface area contributed by atoms with Crippen LogP contribution in [0.15, 0.2) is 18.3 Å². The Labute approximate surface area is 112 Å². The van der Waals surface area contributed by atoms with Crippen LogP contribution in [0.25, 0.3) is 0 Å². The van der Waals surface area contributed by atoms with E-state index in [1.165, 1.54) is 0 Å². The number of nitrogens with one attached hydrogen (secondary N) is 2. The number of aliphatic hydroxyl groups excluding tert-OH is 1. The summed E-state index contributed by atoms with van der Waals surface area (Å²) in [6.07, 6.45) is 5.16. The average Bonchev–Trinajstić information content (AvgIpc) is 2.44. The Balaban J connectivity index is 1.64. The summed E-state index contributed by atoms with van der Waals surface area (Å²) >= 11 is 0. The molecule has 2 unspecified atom stereocenters. The van der Waals surface area contributed by atoms with Crippen molar-refractivity contribution in [2.45, 2.75) is 38.3 Å². The molecule has 6 nitrogen and oxygen atoms in total. The van der Waals surface area contributed by atoms with Gasteiger partial charge in [-0.25, -0.2) is 4.79 Å². The third kappa shape index (κ3) is 4.82. The maximum Gasteiger partial charge on any atom is 0.315 e. The van der Waals surface area contributed by atoms with Crippen LogP contribution in [-0.4, -0.2) is 34.0 Å². The second-order valence-electron chi connectivity index (χ2n) is 4.97. The Kier molecular flexibility index (Phi) is 5.09. The molecule has 1 fully saturated rings. The van der Waals surface area contributed by atoms with Crippen LogP contribution in [0, 0.1) is 5.92 Å². The molecule has 2 atom stereocenters. The predicted molar refractivity (Wildman–Crippen MR) is 70.2 cm³/mol. The fourth-order valence-corrected chi connectivity index (χ4v) is 2.35. The van der Waals surface area contributed by atoms with Gasteiger partial charge in [-0.3, -0.25) is 0 Å². The molecule has 1 aromatic rings. The third-order valence-corrected chi connectivity index (χ3v) is 3.36. The van der Waals surface area contributed by atoms with Gasteiger partial charge in [0.15, 0.2) is 0 Å². The molecule has 0 radical (unpaired) electrons. The van der Waals surface area contributed by atoms with Crippen LogP contribution in [0.2, 0.25) is 0 Å². The number of hydrogen-bond acceptors (Lipinski definition) is 4. The van der Waals surface area contributed by atoms with Crippen molar-refractivity contribution in [1.29, 1.82) is 0 Å². The van der Waals surface area contributed by atoms with Crippen molar-refractivity contribution in [2.24, 2.45) is 5.92 Å². The van der Waals surface area contributed by atoms with Crippen molar-refractivity contribution >= 4 is 6.03 Å². The summed E-state index contributed by atoms with van der Waals surface area (Å²) in [6.45, 7) is 0.982. The van der Waals surface area contributed by atoms with Gasteiger partial charge in [-0.05, 0) is 37.3 Å². The minimum atomic E-state index is -0.205. The molecule has 2 rings (SSSR count). The van der Waals surface area contributed by atoms with Crippen LogP contribution in [-0.2, 0) is 6.54 Å². The molecule has 1 aromatic heterocycles. The molecule has 2 amide bonds. The molecule has 0 aliphatic heterocycles. The van der Waals surface area contributed by atoms with Gasteiger partial charge in [0.1, 0.15) is 0 Å². The minimum absolute atomic E-state index is 0.203. The summed E-state index contributed by atoms with van der Waals surface area (Å²) < 4.78 is 0. The topological polar surface area (TPSA) is 87.1 Å². The van der Waals surface area contributed by atoms with E-state index < -0.39 is 0 Å². The molecule has 1 heterocycles. The molecule has 3 N–H and O–H groups in total. The smallest absolute Gasteiger partial charge is 0.315 e. The molecule has 19 heavy (non-hydrogen) atoms. The highest BCUT2D eigenvalue weighted by Gasteiger charge is 2.20. The first kappa shape index (κ1) is 13.7. The fourth-order valence-electron chi connectivity index (χ4n) is 2.35. The lowest BCUT2D eigenvalue weighted by molar-refractivity contribution is 0.101. The normalized spacial score (nSPS) is 22.8. The van der Waals surface area contributed by atoms with Crippen LogP contribution in [0.4, 0.5) is 4.79 Å². The molecule has 1 aliphatic carbocycles. The first-order valence-corrected chi connectivity index (χ1v) is 6.70. The highest BCUT2D eigenvalue weighted by atomic mass is 16.3. The number of urea groups is 1. The summed E-state index contributed by atoms with van der Waals surface area (Å²) in [5.74, 6) is 0.381. The van der Waals surface area contributed by atoms with Crippen molar-refractivity contribution in [3.8, 4) is 0 Å². The zero-order valence-corrected chi connectivity index (χ0v) is 10.9. The Bertz CT molecular complexity index is 399. The van der Waals surface area contributed by atoms with Gasteiger partial charge in [0.05, 0.1) is 18.3 Å². The van der Waals surface area contributed by atoms with Gasteiger partial charge in [0.25, 0.3) is 0 Å². The van der Waals surface area contributed by atoms with Gasteiger partial charge < -0.3 is 15.7 Å². The van der Waals surface area contributed by atoms with Crippen molar-refractivity contribution in [2.75, 3.05) is 6.54 Å². The van der Waals surface area contributed by atoms with Gasteiger partial charge in [0.2, 0.25) is 0 Å². The highest BCUT2D eigenvalue weighted by molar-refractivity contribution is 5.73. The van der Waals surface area contributed by atoms with E-state index in [0.29, 0.717) is 19.0 Å². The van der Waals surface area contributed by atoms with E-state index in [9.17, 15) is 9.90 Å². The SMILES string of the molecule is O=C(NCc1cccnn1)NCC1CCCC(O)C1. The average molecular weight is 264 g/mol. The van der Waals surface area contributed by atoms with Crippen LogP contribution >= 0.6 is 0 Å². The number of aliphatic hydroxyl groups is 1. The summed E-state index contributed by atoms with van der Waals surface area (Å²) in [4.78, 5) is 11.6. The lowest BCUT2D eigenvalue weighted by atomic mass is 9.87. The monoisotopic (exact) mass is 264 g/mol. The zero-order chi connectivity index (χ0) is 13.5. The van der Waals surface area contributed by atoms with Crippen LogP contribution < -0.4 is 10.6 Å². The maximum absolute atomic E-state index is 11.6. The van der Waals surface area contributed by atoms with E-state index in [0.717, 1.165) is 31.4 Å². The summed E-state index contributed by atoms with van der Waals surface area (Å²) in [5.41, 5.74) is 0.728. The van der Waals surface area contributed by atoms with Crippen LogP contribution in [0.5, 0.6) is 0 Å². The number of amides is 2. The number of rotatable bonds is 4. The Morgan fingerprint density at radius 3 is 3.05 bits per heavy atom. The second-order valence-corrected chi connectivity index (χ2v) is 4.97. The van der Waals surface area contributed by atoms with Crippen LogP contribution in [0.1, 0.15) is 31.4 Å². The minimum Gasteiger partial charge on any atom is -0.393 e. The van der Waals surface area contributed by atoms with Gasteiger partial charge in [0, 0.05) is 12.7 Å². The van der Waals surface area contributed by atoms with E-state index in [-0.39, 0.29) is 12.1 Å². The molecule has 6 heteroatoms. The lowest BCUT2D eigenvalue weighted by Crippen LogP contribution is -2.39. The quantitative estimate of drug-likeness (QED) is 0.751. The number of carbonyl (C=O) groups is 1. The second kappa shape index (κ2) is 7.04. The summed E-state index contributed by atoms with van der Waals surface area (Å²) in [6, 6.07) is 3.39. The van der Waals surface area contributed by atoms with Gasteiger partial charge in [-0.2, -0.15) is 10.2 Å². The van der Waals surface area contributed by atoms with E-state index in [1.54, 1.807) is 12.3 Å². The first-order valence-electron chi connectivity index (χ1n) is 6.70. The molecular formula is C13H20N4O2. The van der Waals surface area contributed by atoms with Gasteiger partial charge >= 0.3 is 6.03 Å². The van der Waals surface area contributed by atoms with Crippen molar-refractivity contribution in [1.82, 2.24) is 20.8 Å². The van der Waals surface area contributed by atoms with Crippen molar-refractivity contribution in [3.63, 3.8) is 0 Å². The maximum atomic E-state index is 11.6. The summed E-state index contributed by atoms with van der Waals surface area (Å²) in [5, 5.41) is 22.7. The van der Waals surface area contributed by atoms with E-state index >= 15 is 0 Å². The largest absolute Gasteiger partial charge is 0.393 e. The number of carbonyl (C=O) groups excluding carboxylic acids is 1. The lowest BCUT2D eigenvalue weighted by Gasteiger charge is -2.25. The fraction of sp³-hybridized carbons (Fsp3) is 0.615. The van der Waals surface area contributed by atoms with Crippen molar-refractivity contribution < 1.29 is 9.90 Å². The number of hydrogen-bond donors (Lipinski definition) is 3. The Morgan fingerprint density at radius 2 is 2.32 bits per heavy atom. The molecular weight excluding hydrogens is 244 g/mol. The number of aromatic nitrogens is 2. The molecule has 1 aliphatic rings. The van der Waals surface area contributed by atoms with E-state index in [2.05, 4.69) is 20.8 Å². The molecule has 1 saturated carbocycles. The highest BCUT2D eigenvalue weighted by Crippen LogP contribution is 2.23. The molecule has 0 saturated heterocycles. The standard InChI is InChI=1S/C13H20N4O2/c18-12-5-1-3-10(7-12)8-14-13(19)15-9-11-4-2-6-16-17-11/h2,4,6,10,12,18H,1,3,5,7-9H2,(H2,14,15,19). The molecule has 0 spiro atoms. The Hall–Kier alpha value is -1.69. The van der Waals surface area contributed by atoms with E-state index in [4.69, 9.17) is 0 Å². The predicted octanol–water partition coefficient (Wildman–Crippen LogP) is 0.827. The zero-order valence-electron chi connectivity index (χ0n) is 10.9. The third-order valence-electron chi connectivity index (χ3n) is 3.36. The summed E-state index contributed by atoms with van der Waals surface area (Å²) in [7, 11) is 0. The van der Waals surface area contributed by atoms with Crippen LogP contribution in [0.3, 0.4) is 0 Å². The van der Waals surface area contributed by atoms with Gasteiger partial charge in [-0.1, -0.05) is 6.42 Å². The first-order chi connectivity index (χ1) is 9.24. The molecule has 104 valence electrons. The number of nitrogens with zero attached hydrogens (tertiary/aromatic N) is 2. The van der Waals surface area contributed by atoms with Crippen molar-refractivity contribution in [3.05, 3.63) is 24.0 Å². The Morgan fingerprint density at radius 1 is 1.42 bits per heavy atom. The van der Waals surface area contributed by atoms with Gasteiger partial charge in [-0.15, -0.1) is 0 Å². The molecule has 0 bridgehead atoms. The molecule has 0 aromatic carbocycles. The van der Waals surface area contributed by atoms with E-state index in [1.807, 2.05) is 6.07 Å².